The lowest BCUT2D eigenvalue weighted by Crippen LogP contribution is -2.03. The molecule has 0 aliphatic rings. The highest BCUT2D eigenvalue weighted by Gasteiger charge is 2.35. The van der Waals surface area contributed by atoms with Gasteiger partial charge in [-0.25, -0.2) is 0 Å². The Morgan fingerprint density at radius 2 is 2.23 bits per heavy atom. The third-order valence-corrected chi connectivity index (χ3v) is 3.58. The van der Waals surface area contributed by atoms with Crippen molar-refractivity contribution in [3.05, 3.63) is 42.4 Å². The van der Waals surface area contributed by atoms with Gasteiger partial charge >= 0.3 is 11.3 Å². The van der Waals surface area contributed by atoms with E-state index in [-0.39, 0.29) is 5.82 Å². The van der Waals surface area contributed by atoms with Gasteiger partial charge < -0.3 is 9.05 Å². The van der Waals surface area contributed by atoms with Crippen LogP contribution in [-0.4, -0.2) is 20.3 Å². The first-order chi connectivity index (χ1) is 10.5. The van der Waals surface area contributed by atoms with Crippen LogP contribution in [0.1, 0.15) is 11.7 Å². The Morgan fingerprint density at radius 3 is 2.91 bits per heavy atom. The molecule has 0 fully saturated rings. The molecule has 0 spiro atoms. The van der Waals surface area contributed by atoms with Crippen molar-refractivity contribution >= 4 is 23.4 Å². The van der Waals surface area contributed by atoms with Gasteiger partial charge in [0, 0.05) is 10.5 Å². The Labute approximate surface area is 131 Å². The summed E-state index contributed by atoms with van der Waals surface area (Å²) in [5.41, 5.74) is 0.505. The van der Waals surface area contributed by atoms with Crippen molar-refractivity contribution in [1.82, 2.24) is 20.3 Å². The summed E-state index contributed by atoms with van der Waals surface area (Å²) in [6.45, 7) is 0. The van der Waals surface area contributed by atoms with Gasteiger partial charge in [-0.05, 0) is 23.7 Å². The van der Waals surface area contributed by atoms with Crippen LogP contribution in [0.2, 0.25) is 0 Å². The highest BCUT2D eigenvalue weighted by atomic mass is 35.5. The fourth-order valence-corrected chi connectivity index (χ4v) is 2.37. The lowest BCUT2D eigenvalue weighted by atomic mass is 10.2. The number of benzene rings is 1. The molecule has 0 saturated carbocycles. The molecule has 0 bridgehead atoms. The van der Waals surface area contributed by atoms with Gasteiger partial charge in [-0.2, -0.15) is 18.7 Å². The van der Waals surface area contributed by atoms with Crippen LogP contribution in [0.3, 0.4) is 0 Å². The summed E-state index contributed by atoms with van der Waals surface area (Å²) in [4.78, 5) is 8.21. The van der Waals surface area contributed by atoms with Crippen molar-refractivity contribution in [3.8, 4) is 11.4 Å². The number of aromatic nitrogens is 4. The first-order valence-electron chi connectivity index (χ1n) is 5.83. The average molecular weight is 344 g/mol. The van der Waals surface area contributed by atoms with E-state index in [0.29, 0.717) is 17.1 Å². The second-order valence-electron chi connectivity index (χ2n) is 4.00. The molecule has 0 amide bonds. The monoisotopic (exact) mass is 343 g/mol. The number of nitrogens with zero attached hydrogens (tertiary/aromatic N) is 4. The number of hydrogen-bond donors (Lipinski definition) is 0. The largest absolute Gasteiger partial charge is 0.400 e. The lowest BCUT2D eigenvalue weighted by Gasteiger charge is -2.00. The summed E-state index contributed by atoms with van der Waals surface area (Å²) in [5.74, 6) is 0.0874. The minimum Gasteiger partial charge on any atom is -0.343 e. The van der Waals surface area contributed by atoms with Crippen molar-refractivity contribution in [2.24, 2.45) is 0 Å². The molecular weight excluding hydrogens is 338 g/mol. The molecule has 0 aliphatic carbocycles. The van der Waals surface area contributed by atoms with E-state index >= 15 is 0 Å². The molecule has 10 heteroatoms. The summed E-state index contributed by atoms with van der Waals surface area (Å²) in [5, 5.41) is 3.48. The van der Waals surface area contributed by atoms with Crippen LogP contribution in [0.5, 0.6) is 0 Å². The summed E-state index contributed by atoms with van der Waals surface area (Å²) in [6.07, 6.45) is 1.24. The van der Waals surface area contributed by atoms with Gasteiger partial charge in [-0.15, -0.1) is 11.8 Å². The molecule has 0 atom stereocenters. The number of thioether (sulfide) groups is 1. The predicted octanol–water partition coefficient (Wildman–Crippen LogP) is 3.50. The van der Waals surface area contributed by atoms with Gasteiger partial charge in [0.25, 0.3) is 0 Å². The molecule has 3 aromatic rings. The zero-order valence-electron chi connectivity index (χ0n) is 10.7. The highest BCUT2D eigenvalue weighted by Crippen LogP contribution is 2.32. The van der Waals surface area contributed by atoms with E-state index in [4.69, 9.17) is 11.6 Å². The maximum atomic E-state index is 12.9. The minimum atomic E-state index is -3.69. The molecule has 2 heterocycles. The van der Waals surface area contributed by atoms with Crippen LogP contribution < -0.4 is 0 Å². The molecule has 0 aliphatic heterocycles. The van der Waals surface area contributed by atoms with Crippen LogP contribution >= 0.6 is 23.4 Å². The SMILES string of the molecule is FC(F)(Cl)c1nc(-c2cc[c]c(SCc3ncon3)c2)no1. The predicted molar refractivity (Wildman–Crippen MR) is 72.2 cm³/mol. The molecule has 6 nitrogen and oxygen atoms in total. The van der Waals surface area contributed by atoms with Crippen molar-refractivity contribution in [1.29, 1.82) is 0 Å². The number of hydrogen-bond acceptors (Lipinski definition) is 7. The topological polar surface area (TPSA) is 77.8 Å². The molecule has 22 heavy (non-hydrogen) atoms. The van der Waals surface area contributed by atoms with E-state index in [9.17, 15) is 8.78 Å². The maximum Gasteiger partial charge on any atom is 0.400 e. The van der Waals surface area contributed by atoms with Gasteiger partial charge in [0.15, 0.2) is 5.82 Å². The first kappa shape index (κ1) is 14.9. The first-order valence-corrected chi connectivity index (χ1v) is 7.20. The van der Waals surface area contributed by atoms with E-state index in [1.807, 2.05) is 0 Å². The Bertz CT molecular complexity index is 761. The molecule has 2 aromatic heterocycles. The molecule has 0 N–H and O–H groups in total. The molecule has 113 valence electrons. The molecule has 0 unspecified atom stereocenters. The molecular formula is C12H6ClF2N4O2S. The maximum absolute atomic E-state index is 12.9. The van der Waals surface area contributed by atoms with Crippen LogP contribution in [-0.2, 0) is 11.1 Å². The van der Waals surface area contributed by atoms with Gasteiger partial charge in [-0.3, -0.25) is 0 Å². The smallest absolute Gasteiger partial charge is 0.343 e. The van der Waals surface area contributed by atoms with Crippen molar-refractivity contribution in [2.45, 2.75) is 16.0 Å². The van der Waals surface area contributed by atoms with Crippen LogP contribution in [0.4, 0.5) is 8.78 Å². The quantitative estimate of drug-likeness (QED) is 0.518. The van der Waals surface area contributed by atoms with Crippen LogP contribution in [0, 0.1) is 6.07 Å². The number of rotatable bonds is 5. The van der Waals surface area contributed by atoms with Gasteiger partial charge in [-0.1, -0.05) is 22.4 Å². The Kier molecular flexibility index (Phi) is 4.08. The fraction of sp³-hybridized carbons (Fsp3) is 0.167. The molecule has 3 rings (SSSR count). The third kappa shape index (κ3) is 3.42. The average Bonchev–Trinajstić information content (AvgIpc) is 3.16. The van der Waals surface area contributed by atoms with E-state index in [1.54, 1.807) is 18.2 Å². The normalized spacial score (nSPS) is 11.8. The summed E-state index contributed by atoms with van der Waals surface area (Å²) in [7, 11) is 0. The summed E-state index contributed by atoms with van der Waals surface area (Å²) < 4.78 is 34.8. The molecule has 1 aromatic carbocycles. The Balaban J connectivity index is 1.77. The highest BCUT2D eigenvalue weighted by molar-refractivity contribution is 7.98. The van der Waals surface area contributed by atoms with Gasteiger partial charge in [0.1, 0.15) is 0 Å². The van der Waals surface area contributed by atoms with E-state index in [2.05, 4.69) is 35.4 Å². The zero-order chi connectivity index (χ0) is 15.6. The second kappa shape index (κ2) is 6.01. The number of halogens is 3. The van der Waals surface area contributed by atoms with Crippen molar-refractivity contribution in [3.63, 3.8) is 0 Å². The van der Waals surface area contributed by atoms with Crippen LogP contribution in [0.25, 0.3) is 11.4 Å². The van der Waals surface area contributed by atoms with E-state index < -0.39 is 11.3 Å². The van der Waals surface area contributed by atoms with Crippen LogP contribution in [0.15, 0.2) is 38.5 Å². The fourth-order valence-electron chi connectivity index (χ4n) is 1.52. The van der Waals surface area contributed by atoms with Gasteiger partial charge in [0.2, 0.25) is 12.2 Å². The second-order valence-corrected chi connectivity index (χ2v) is 5.49. The zero-order valence-corrected chi connectivity index (χ0v) is 12.2. The van der Waals surface area contributed by atoms with Crippen molar-refractivity contribution in [2.75, 3.05) is 0 Å². The minimum absolute atomic E-state index is 0.0192. The third-order valence-electron chi connectivity index (χ3n) is 2.47. The van der Waals surface area contributed by atoms with E-state index in [0.717, 1.165) is 4.90 Å². The summed E-state index contributed by atoms with van der Waals surface area (Å²) in [6, 6.07) is 7.93. The number of alkyl halides is 3. The van der Waals surface area contributed by atoms with Crippen molar-refractivity contribution < 1.29 is 17.8 Å². The molecule has 0 saturated heterocycles. The Morgan fingerprint density at radius 1 is 1.36 bits per heavy atom. The standard InChI is InChI=1S/C12H6ClF2N4O2S/c13-12(14,15)11-17-10(19-21-11)7-2-1-3-8(4-7)22-5-9-16-6-20-18-9/h1-2,4,6H,5H2. The molecule has 1 radical (unpaired) electrons. The lowest BCUT2D eigenvalue weighted by molar-refractivity contribution is 0.0551. The Hall–Kier alpha value is -2.00. The van der Waals surface area contributed by atoms with E-state index in [1.165, 1.54) is 18.2 Å². The summed E-state index contributed by atoms with van der Waals surface area (Å²) >= 11 is 6.23. The van der Waals surface area contributed by atoms with Gasteiger partial charge in [0.05, 0.1) is 5.75 Å².